The van der Waals surface area contributed by atoms with Crippen molar-refractivity contribution >= 4 is 35.6 Å². The van der Waals surface area contributed by atoms with Crippen molar-refractivity contribution in [3.63, 3.8) is 0 Å². The molecule has 3 rings (SSSR count). The molecule has 1 unspecified atom stereocenters. The van der Waals surface area contributed by atoms with Crippen LogP contribution in [0.1, 0.15) is 36.6 Å². The van der Waals surface area contributed by atoms with E-state index < -0.39 is 0 Å². The molecule has 0 saturated carbocycles. The molecule has 2 N–H and O–H groups in total. The van der Waals surface area contributed by atoms with Crippen LogP contribution < -0.4 is 10.6 Å². The molecule has 0 saturated heterocycles. The normalized spacial score (nSPS) is 12.7. The Morgan fingerprint density at radius 1 is 1.24 bits per heavy atom. The SMILES string of the molecule is CCNC(=NCCc1nnc2ccccn12)NC(C)Cc1c(C)nn(C)c1C.I. The van der Waals surface area contributed by atoms with Crippen LogP contribution in [0, 0.1) is 13.8 Å². The van der Waals surface area contributed by atoms with Gasteiger partial charge in [-0.05, 0) is 51.8 Å². The minimum Gasteiger partial charge on any atom is -0.357 e. The van der Waals surface area contributed by atoms with Crippen LogP contribution in [0.5, 0.6) is 0 Å². The lowest BCUT2D eigenvalue weighted by atomic mass is 10.1. The number of aryl methyl sites for hydroxylation is 2. The van der Waals surface area contributed by atoms with Gasteiger partial charge in [0.15, 0.2) is 11.6 Å². The van der Waals surface area contributed by atoms with Crippen LogP contribution in [0.4, 0.5) is 0 Å². The standard InChI is InChI=1S/C20H30N8.HI/c1-6-21-20(23-14(2)13-17-15(3)26-27(5)16(17)4)22-11-10-19-25-24-18-9-7-8-12-28(18)19;/h7-9,12,14H,6,10-11,13H2,1-5H3,(H2,21,22,23);1H. The number of halogens is 1. The number of guanidine groups is 1. The Bertz CT molecular complexity index is 959. The molecule has 0 fully saturated rings. The van der Waals surface area contributed by atoms with Gasteiger partial charge in [-0.25, -0.2) is 0 Å². The number of fused-ring (bicyclic) bond motifs is 1. The summed E-state index contributed by atoms with van der Waals surface area (Å²) in [5, 5.41) is 19.8. The number of nitrogens with zero attached hydrogens (tertiary/aromatic N) is 6. The van der Waals surface area contributed by atoms with Crippen LogP contribution >= 0.6 is 24.0 Å². The highest BCUT2D eigenvalue weighted by Gasteiger charge is 2.14. The summed E-state index contributed by atoms with van der Waals surface area (Å²) in [6.07, 6.45) is 3.63. The molecular formula is C20H31IN8. The van der Waals surface area contributed by atoms with Gasteiger partial charge in [0.2, 0.25) is 0 Å². The van der Waals surface area contributed by atoms with Gasteiger partial charge in [0.05, 0.1) is 5.69 Å². The Morgan fingerprint density at radius 2 is 2.03 bits per heavy atom. The number of hydrogen-bond donors (Lipinski definition) is 2. The minimum atomic E-state index is 0. The highest BCUT2D eigenvalue weighted by Crippen LogP contribution is 2.14. The van der Waals surface area contributed by atoms with Crippen molar-refractivity contribution in [1.82, 2.24) is 35.0 Å². The Labute approximate surface area is 189 Å². The number of rotatable bonds is 7. The van der Waals surface area contributed by atoms with Gasteiger partial charge >= 0.3 is 0 Å². The highest BCUT2D eigenvalue weighted by atomic mass is 127. The predicted octanol–water partition coefficient (Wildman–Crippen LogP) is 2.43. The molecule has 3 aromatic heterocycles. The van der Waals surface area contributed by atoms with Crippen molar-refractivity contribution in [2.24, 2.45) is 12.0 Å². The van der Waals surface area contributed by atoms with Gasteiger partial charge in [-0.15, -0.1) is 34.2 Å². The number of aromatic nitrogens is 5. The summed E-state index contributed by atoms with van der Waals surface area (Å²) in [5.41, 5.74) is 4.47. The number of aliphatic imine (C=N–C) groups is 1. The maximum atomic E-state index is 4.72. The maximum Gasteiger partial charge on any atom is 0.191 e. The average molecular weight is 510 g/mol. The lowest BCUT2D eigenvalue weighted by Crippen LogP contribution is -2.43. The maximum absolute atomic E-state index is 4.72. The highest BCUT2D eigenvalue weighted by molar-refractivity contribution is 14.0. The van der Waals surface area contributed by atoms with E-state index in [9.17, 15) is 0 Å². The van der Waals surface area contributed by atoms with E-state index in [1.165, 1.54) is 11.3 Å². The first-order chi connectivity index (χ1) is 13.5. The van der Waals surface area contributed by atoms with E-state index in [-0.39, 0.29) is 30.0 Å². The van der Waals surface area contributed by atoms with Gasteiger partial charge in [0.1, 0.15) is 5.82 Å². The van der Waals surface area contributed by atoms with E-state index in [1.54, 1.807) is 0 Å². The molecule has 0 aliphatic rings. The average Bonchev–Trinajstić information content (AvgIpc) is 3.18. The van der Waals surface area contributed by atoms with Crippen molar-refractivity contribution in [3.8, 4) is 0 Å². The quantitative estimate of drug-likeness (QED) is 0.290. The van der Waals surface area contributed by atoms with Crippen LogP contribution in [0.3, 0.4) is 0 Å². The third-order valence-corrected chi connectivity index (χ3v) is 4.89. The van der Waals surface area contributed by atoms with E-state index in [2.05, 4.69) is 53.6 Å². The largest absolute Gasteiger partial charge is 0.357 e. The monoisotopic (exact) mass is 510 g/mol. The van der Waals surface area contributed by atoms with Crippen molar-refractivity contribution in [1.29, 1.82) is 0 Å². The van der Waals surface area contributed by atoms with Crippen molar-refractivity contribution in [2.75, 3.05) is 13.1 Å². The fourth-order valence-electron chi connectivity index (χ4n) is 3.35. The number of nitrogens with one attached hydrogen (secondary N) is 2. The van der Waals surface area contributed by atoms with Gasteiger partial charge < -0.3 is 10.6 Å². The zero-order chi connectivity index (χ0) is 20.1. The van der Waals surface area contributed by atoms with Crippen molar-refractivity contribution in [3.05, 3.63) is 47.2 Å². The zero-order valence-corrected chi connectivity index (χ0v) is 20.1. The molecule has 0 amide bonds. The van der Waals surface area contributed by atoms with Crippen LogP contribution in [-0.4, -0.2) is 49.5 Å². The second-order valence-corrected chi connectivity index (χ2v) is 7.08. The third-order valence-electron chi connectivity index (χ3n) is 4.89. The topological polar surface area (TPSA) is 84.4 Å². The van der Waals surface area contributed by atoms with Gasteiger partial charge in [-0.3, -0.25) is 14.1 Å². The summed E-state index contributed by atoms with van der Waals surface area (Å²) in [6, 6.07) is 6.15. The molecule has 0 aliphatic carbocycles. The lowest BCUT2D eigenvalue weighted by molar-refractivity contribution is 0.635. The van der Waals surface area contributed by atoms with Crippen LogP contribution in [0.2, 0.25) is 0 Å². The van der Waals surface area contributed by atoms with Gasteiger partial charge in [-0.1, -0.05) is 6.07 Å². The Morgan fingerprint density at radius 3 is 2.72 bits per heavy atom. The van der Waals surface area contributed by atoms with Crippen molar-refractivity contribution in [2.45, 2.75) is 46.6 Å². The summed E-state index contributed by atoms with van der Waals surface area (Å²) < 4.78 is 3.95. The number of pyridine rings is 1. The molecule has 29 heavy (non-hydrogen) atoms. The fraction of sp³-hybridized carbons (Fsp3) is 0.500. The molecule has 158 valence electrons. The Balaban J connectivity index is 0.00000300. The van der Waals surface area contributed by atoms with Crippen LogP contribution in [0.15, 0.2) is 29.4 Å². The first-order valence-corrected chi connectivity index (χ1v) is 9.82. The molecule has 3 heterocycles. The molecular weight excluding hydrogens is 479 g/mol. The molecule has 3 aromatic rings. The summed E-state index contributed by atoms with van der Waals surface area (Å²) >= 11 is 0. The summed E-state index contributed by atoms with van der Waals surface area (Å²) in [7, 11) is 1.99. The molecule has 9 heteroatoms. The van der Waals surface area contributed by atoms with Crippen LogP contribution in [0.25, 0.3) is 5.65 Å². The van der Waals surface area contributed by atoms with E-state index in [0.29, 0.717) is 6.54 Å². The first-order valence-electron chi connectivity index (χ1n) is 9.82. The fourth-order valence-corrected chi connectivity index (χ4v) is 3.35. The first kappa shape index (κ1) is 23.1. The predicted molar refractivity (Wildman–Crippen MR) is 127 cm³/mol. The molecule has 0 aliphatic heterocycles. The molecule has 0 aromatic carbocycles. The van der Waals surface area contributed by atoms with E-state index in [1.807, 2.05) is 40.5 Å². The molecule has 0 bridgehead atoms. The second-order valence-electron chi connectivity index (χ2n) is 7.08. The van der Waals surface area contributed by atoms with Gasteiger partial charge in [0, 0.05) is 44.5 Å². The van der Waals surface area contributed by atoms with Crippen molar-refractivity contribution < 1.29 is 0 Å². The number of hydrogen-bond acceptors (Lipinski definition) is 4. The molecule has 1 atom stereocenters. The summed E-state index contributed by atoms with van der Waals surface area (Å²) in [5.74, 6) is 1.74. The second kappa shape index (κ2) is 10.6. The van der Waals surface area contributed by atoms with Crippen LogP contribution in [-0.2, 0) is 19.9 Å². The van der Waals surface area contributed by atoms with Gasteiger partial charge in [0.25, 0.3) is 0 Å². The zero-order valence-electron chi connectivity index (χ0n) is 17.8. The lowest BCUT2D eigenvalue weighted by Gasteiger charge is -2.18. The summed E-state index contributed by atoms with van der Waals surface area (Å²) in [6.45, 7) is 9.88. The van der Waals surface area contributed by atoms with Gasteiger partial charge in [-0.2, -0.15) is 5.10 Å². The smallest absolute Gasteiger partial charge is 0.191 e. The Kier molecular flexibility index (Phi) is 8.42. The summed E-state index contributed by atoms with van der Waals surface area (Å²) in [4.78, 5) is 4.72. The minimum absolute atomic E-state index is 0. The van der Waals surface area contributed by atoms with E-state index in [0.717, 1.165) is 42.5 Å². The van der Waals surface area contributed by atoms with E-state index >= 15 is 0 Å². The third kappa shape index (κ3) is 5.68. The molecule has 8 nitrogen and oxygen atoms in total. The Hall–Kier alpha value is -2.17. The molecule has 0 spiro atoms. The molecule has 0 radical (unpaired) electrons. The van der Waals surface area contributed by atoms with E-state index in [4.69, 9.17) is 4.99 Å².